The van der Waals surface area contributed by atoms with Crippen LogP contribution in [0.15, 0.2) is 194 Å². The van der Waals surface area contributed by atoms with E-state index in [1.807, 2.05) is 0 Å². The van der Waals surface area contributed by atoms with Crippen molar-refractivity contribution in [3.05, 3.63) is 194 Å². The van der Waals surface area contributed by atoms with Crippen LogP contribution < -0.4 is 0 Å². The van der Waals surface area contributed by atoms with E-state index in [1.54, 1.807) is 0 Å². The van der Waals surface area contributed by atoms with Crippen molar-refractivity contribution in [2.45, 2.75) is 239 Å². The maximum Gasteiger partial charge on any atom is 0.306 e. The highest BCUT2D eigenvalue weighted by Gasteiger charge is 2.19. The molecule has 0 aliphatic rings. The molecule has 0 aliphatic heterocycles. The van der Waals surface area contributed by atoms with Crippen molar-refractivity contribution in [1.82, 2.24) is 0 Å². The summed E-state index contributed by atoms with van der Waals surface area (Å²) in [4.78, 5) is 38.0. The first-order chi connectivity index (χ1) is 39.5. The summed E-state index contributed by atoms with van der Waals surface area (Å²) < 4.78 is 16.7. The minimum atomic E-state index is -0.819. The van der Waals surface area contributed by atoms with Gasteiger partial charge in [-0.3, -0.25) is 14.4 Å². The predicted molar refractivity (Wildman–Crippen MR) is 347 cm³/mol. The number of ether oxygens (including phenoxy) is 3. The summed E-state index contributed by atoms with van der Waals surface area (Å²) >= 11 is 0. The molecule has 6 nitrogen and oxygen atoms in total. The van der Waals surface area contributed by atoms with Crippen molar-refractivity contribution >= 4 is 17.9 Å². The SMILES string of the molecule is CC/C=C\C/C=C\C/C=C\C/C=C\C/C=C\C/C=C\C/C=C\C/C=C\C/C=C\C/C=C\CCCCC(=O)OCC(COC(=O)CCCCCCCC)OC(=O)CCCCCC/C=C\C/C=C\C/C=C\C/C=C\C/C=C\C/C=C\CC. The average molecular weight is 1100 g/mol. The van der Waals surface area contributed by atoms with Crippen LogP contribution in [0.3, 0.4) is 0 Å². The summed E-state index contributed by atoms with van der Waals surface area (Å²) in [6.45, 7) is 6.27. The minimum absolute atomic E-state index is 0.112. The van der Waals surface area contributed by atoms with Crippen LogP contribution >= 0.6 is 0 Å². The van der Waals surface area contributed by atoms with E-state index in [2.05, 4.69) is 215 Å². The minimum Gasteiger partial charge on any atom is -0.462 e. The average Bonchev–Trinajstić information content (AvgIpc) is 3.46. The number of hydrogen-bond donors (Lipinski definition) is 0. The summed E-state index contributed by atoms with van der Waals surface area (Å²) in [5.74, 6) is -1.01. The van der Waals surface area contributed by atoms with Gasteiger partial charge in [0.1, 0.15) is 13.2 Å². The number of unbranched alkanes of at least 4 members (excludes halogenated alkanes) is 11. The molecule has 0 amide bonds. The molecule has 0 saturated heterocycles. The second-order valence-corrected chi connectivity index (χ2v) is 19.9. The molecule has 6 heteroatoms. The third-order valence-corrected chi connectivity index (χ3v) is 12.3. The van der Waals surface area contributed by atoms with Crippen LogP contribution in [0.25, 0.3) is 0 Å². The Bertz CT molecular complexity index is 1930. The standard InChI is InChI=1S/C74H112O6/c1-4-7-10-13-16-18-20-22-24-26-28-30-32-33-34-35-36-37-38-39-40-41-43-44-46-48-50-52-54-56-58-61-64-67-73(76)79-70-71(69-78-72(75)66-63-60-15-12-9-6-3)80-74(77)68-65-62-59-57-55-53-51-49-47-45-42-31-29-27-25-23-21-19-17-14-11-8-5-2/h7-8,10-11,16-19,22-25,28-31,33-34,36-37,39-40,43-45,47-48,50-51,53-54,56,71H,4-6,9,12-15,20-21,26-27,32,35,38,41-42,46,49,52,55,57-70H2,1-3H3/b10-7-,11-8-,18-16-,19-17-,24-22-,25-23-,30-28-,31-29-,34-33-,37-36-,40-39-,44-43-,47-45-,50-48-,53-51-,56-54-. The van der Waals surface area contributed by atoms with Gasteiger partial charge >= 0.3 is 17.9 Å². The summed E-state index contributed by atoms with van der Waals surface area (Å²) in [6, 6.07) is 0. The molecule has 80 heavy (non-hydrogen) atoms. The fraction of sp³-hybridized carbons (Fsp3) is 0.527. The first-order valence-electron chi connectivity index (χ1n) is 31.4. The molecule has 0 radical (unpaired) electrons. The normalized spacial score (nSPS) is 13.5. The zero-order valence-corrected chi connectivity index (χ0v) is 50.8. The van der Waals surface area contributed by atoms with Crippen molar-refractivity contribution in [1.29, 1.82) is 0 Å². The third-order valence-electron chi connectivity index (χ3n) is 12.3. The van der Waals surface area contributed by atoms with Crippen LogP contribution in [0.4, 0.5) is 0 Å². The Morgan fingerprint density at radius 2 is 0.487 bits per heavy atom. The van der Waals surface area contributed by atoms with Gasteiger partial charge in [-0.15, -0.1) is 0 Å². The number of esters is 3. The molecule has 1 atom stereocenters. The quantitative estimate of drug-likeness (QED) is 0.0261. The van der Waals surface area contributed by atoms with Gasteiger partial charge in [-0.2, -0.15) is 0 Å². The van der Waals surface area contributed by atoms with Crippen molar-refractivity contribution < 1.29 is 28.6 Å². The molecule has 0 N–H and O–H groups in total. The molecule has 0 aromatic carbocycles. The Hall–Kier alpha value is -5.75. The fourth-order valence-corrected chi connectivity index (χ4v) is 7.71. The van der Waals surface area contributed by atoms with Crippen LogP contribution in [-0.4, -0.2) is 37.2 Å². The van der Waals surface area contributed by atoms with Crippen molar-refractivity contribution in [3.63, 3.8) is 0 Å². The van der Waals surface area contributed by atoms with Crippen LogP contribution in [0.1, 0.15) is 233 Å². The van der Waals surface area contributed by atoms with Gasteiger partial charge in [0, 0.05) is 19.3 Å². The van der Waals surface area contributed by atoms with Gasteiger partial charge in [0.2, 0.25) is 0 Å². The van der Waals surface area contributed by atoms with Crippen LogP contribution in [0, 0.1) is 0 Å². The monoisotopic (exact) mass is 1100 g/mol. The second kappa shape index (κ2) is 65.8. The Morgan fingerprint density at radius 3 is 0.787 bits per heavy atom. The largest absolute Gasteiger partial charge is 0.462 e. The number of hydrogen-bond acceptors (Lipinski definition) is 6. The Morgan fingerprint density at radius 1 is 0.263 bits per heavy atom. The first kappa shape index (κ1) is 74.2. The highest BCUT2D eigenvalue weighted by atomic mass is 16.6. The Labute approximate surface area is 490 Å². The maximum absolute atomic E-state index is 12.8. The summed E-state index contributed by atoms with van der Waals surface area (Å²) in [6.07, 6.45) is 100. The van der Waals surface area contributed by atoms with Gasteiger partial charge in [0.15, 0.2) is 6.10 Å². The number of carbonyl (C=O) groups excluding carboxylic acids is 3. The lowest BCUT2D eigenvalue weighted by molar-refractivity contribution is -0.167. The zero-order chi connectivity index (χ0) is 57.8. The van der Waals surface area contributed by atoms with Crippen molar-refractivity contribution in [2.75, 3.05) is 13.2 Å². The summed E-state index contributed by atoms with van der Waals surface area (Å²) in [5.41, 5.74) is 0. The molecule has 0 aromatic rings. The molecule has 0 spiro atoms. The summed E-state index contributed by atoms with van der Waals surface area (Å²) in [7, 11) is 0. The van der Waals surface area contributed by atoms with E-state index in [-0.39, 0.29) is 44.0 Å². The summed E-state index contributed by atoms with van der Waals surface area (Å²) in [5, 5.41) is 0. The van der Waals surface area contributed by atoms with Gasteiger partial charge in [-0.25, -0.2) is 0 Å². The molecule has 0 aromatic heterocycles. The van der Waals surface area contributed by atoms with Crippen LogP contribution in [-0.2, 0) is 28.6 Å². The lowest BCUT2D eigenvalue weighted by Crippen LogP contribution is -2.30. The Balaban J connectivity index is 4.30. The molecule has 0 bridgehead atoms. The highest BCUT2D eigenvalue weighted by Crippen LogP contribution is 2.12. The molecular weight excluding hydrogens is 985 g/mol. The molecule has 0 saturated carbocycles. The molecule has 0 aliphatic carbocycles. The van der Waals surface area contributed by atoms with Gasteiger partial charge < -0.3 is 14.2 Å². The highest BCUT2D eigenvalue weighted by molar-refractivity contribution is 5.71. The van der Waals surface area contributed by atoms with Gasteiger partial charge in [0.25, 0.3) is 0 Å². The van der Waals surface area contributed by atoms with Gasteiger partial charge in [-0.05, 0) is 148 Å². The lowest BCUT2D eigenvalue weighted by atomic mass is 10.1. The third kappa shape index (κ3) is 63.1. The zero-order valence-electron chi connectivity index (χ0n) is 50.8. The topological polar surface area (TPSA) is 78.9 Å². The molecular formula is C74H112O6. The van der Waals surface area contributed by atoms with E-state index in [1.165, 1.54) is 19.3 Å². The predicted octanol–water partition coefficient (Wildman–Crippen LogP) is 21.8. The van der Waals surface area contributed by atoms with Crippen molar-refractivity contribution in [3.8, 4) is 0 Å². The second-order valence-electron chi connectivity index (χ2n) is 19.9. The van der Waals surface area contributed by atoms with Crippen LogP contribution in [0.2, 0.25) is 0 Å². The molecule has 0 heterocycles. The number of rotatable bonds is 54. The van der Waals surface area contributed by atoms with E-state index in [9.17, 15) is 14.4 Å². The number of carbonyl (C=O) groups is 3. The van der Waals surface area contributed by atoms with E-state index < -0.39 is 6.10 Å². The van der Waals surface area contributed by atoms with Crippen LogP contribution in [0.5, 0.6) is 0 Å². The van der Waals surface area contributed by atoms with Gasteiger partial charge in [0.05, 0.1) is 0 Å². The smallest absolute Gasteiger partial charge is 0.306 e. The van der Waals surface area contributed by atoms with Gasteiger partial charge in [-0.1, -0.05) is 260 Å². The molecule has 0 rings (SSSR count). The van der Waals surface area contributed by atoms with E-state index in [0.29, 0.717) is 12.8 Å². The van der Waals surface area contributed by atoms with Crippen molar-refractivity contribution in [2.24, 2.45) is 0 Å². The molecule has 1 unspecified atom stereocenters. The van der Waals surface area contributed by atoms with E-state index in [4.69, 9.17) is 14.2 Å². The molecule has 444 valence electrons. The molecule has 0 fully saturated rings. The Kier molecular flexibility index (Phi) is 61.0. The fourth-order valence-electron chi connectivity index (χ4n) is 7.71. The van der Waals surface area contributed by atoms with E-state index in [0.717, 1.165) is 167 Å². The van der Waals surface area contributed by atoms with E-state index >= 15 is 0 Å². The maximum atomic E-state index is 12.8. The lowest BCUT2D eigenvalue weighted by Gasteiger charge is -2.18. The number of allylic oxidation sites excluding steroid dienone is 32. The first-order valence-corrected chi connectivity index (χ1v) is 31.4.